The van der Waals surface area contributed by atoms with Crippen LogP contribution in [-0.4, -0.2) is 56.2 Å². The molecule has 0 aliphatic heterocycles. The first-order valence-corrected chi connectivity index (χ1v) is 13.5. The number of nitrogens with zero attached hydrogens (tertiary/aromatic N) is 2. The van der Waals surface area contributed by atoms with E-state index in [0.717, 1.165) is 37.0 Å². The van der Waals surface area contributed by atoms with E-state index < -0.39 is 0 Å². The lowest BCUT2D eigenvalue weighted by Gasteiger charge is -2.31. The number of esters is 1. The zero-order valence-corrected chi connectivity index (χ0v) is 25.4. The summed E-state index contributed by atoms with van der Waals surface area (Å²) in [5.74, 6) is -0.172. The highest BCUT2D eigenvalue weighted by atomic mass is 127. The van der Waals surface area contributed by atoms with Crippen molar-refractivity contribution in [1.82, 2.24) is 0 Å². The Labute approximate surface area is 240 Å². The van der Waals surface area contributed by atoms with Crippen LogP contribution in [0.15, 0.2) is 53.5 Å². The van der Waals surface area contributed by atoms with Crippen molar-refractivity contribution < 1.29 is 23.9 Å². The molecule has 2 aromatic rings. The number of para-hydroxylation sites is 1. The molecule has 0 bridgehead atoms. The lowest BCUT2D eigenvalue weighted by molar-refractivity contribution is -0.906. The standard InChI is InChI=1S/C30H44N2O4.HI/c1-5-8-9-10-11-12-15-23-35-28-17-14-13-16-27(28)29(33)31-26-20-18-25(19-21-26)30(34)36-24-22-32(4,6-2)7-3;/h13-14,16-21H,5-12,15,22-24H2,1-4H3;1H. The molecule has 2 rings (SSSR count). The first-order valence-electron chi connectivity index (χ1n) is 13.5. The summed E-state index contributed by atoms with van der Waals surface area (Å²) >= 11 is 0. The number of likely N-dealkylation sites (N-methyl/N-ethyl adjacent to an activating group) is 1. The molecule has 2 aromatic carbocycles. The minimum absolute atomic E-state index is 0. The number of ether oxygens (including phenoxy) is 2. The van der Waals surface area contributed by atoms with Crippen molar-refractivity contribution in [3.8, 4) is 5.75 Å². The van der Waals surface area contributed by atoms with Gasteiger partial charge in [-0.05, 0) is 56.5 Å². The molecular weight excluding hydrogens is 579 g/mol. The molecule has 7 heteroatoms. The normalized spacial score (nSPS) is 11.6. The van der Waals surface area contributed by atoms with E-state index in [1.807, 2.05) is 18.2 Å². The number of carbonyl (C=O) groups is 1. The third-order valence-electron chi connectivity index (χ3n) is 6.85. The summed E-state index contributed by atoms with van der Waals surface area (Å²) in [4.78, 5) is 16.6. The summed E-state index contributed by atoms with van der Waals surface area (Å²) in [7, 11) is 2.15. The van der Waals surface area contributed by atoms with Crippen LogP contribution >= 0.6 is 24.0 Å². The van der Waals surface area contributed by atoms with E-state index in [2.05, 4.69) is 32.8 Å². The second kappa shape index (κ2) is 18.2. The van der Waals surface area contributed by atoms with Gasteiger partial charge in [0, 0.05) is 5.56 Å². The molecule has 0 fully saturated rings. The van der Waals surface area contributed by atoms with Gasteiger partial charge in [0.1, 0.15) is 18.9 Å². The topological polar surface area (TPSA) is 71.0 Å². The molecule has 0 amide bonds. The Bertz CT molecular complexity index is 943. The van der Waals surface area contributed by atoms with Gasteiger partial charge in [-0.15, -0.1) is 24.0 Å². The Balaban J connectivity index is 0.00000684. The number of quaternary nitrogens is 1. The van der Waals surface area contributed by atoms with E-state index in [-0.39, 0.29) is 35.8 Å². The van der Waals surface area contributed by atoms with Crippen molar-refractivity contribution >= 4 is 41.5 Å². The van der Waals surface area contributed by atoms with E-state index in [4.69, 9.17) is 9.47 Å². The van der Waals surface area contributed by atoms with Crippen molar-refractivity contribution in [2.24, 2.45) is 4.99 Å². The van der Waals surface area contributed by atoms with Crippen molar-refractivity contribution in [3.63, 3.8) is 0 Å². The van der Waals surface area contributed by atoms with Crippen LogP contribution in [0.25, 0.3) is 0 Å². The summed E-state index contributed by atoms with van der Waals surface area (Å²) in [6.45, 7) is 10.2. The van der Waals surface area contributed by atoms with E-state index in [1.165, 1.54) is 32.1 Å². The van der Waals surface area contributed by atoms with E-state index in [1.54, 1.807) is 30.3 Å². The Hall–Kier alpha value is -2.13. The lowest BCUT2D eigenvalue weighted by atomic mass is 10.1. The van der Waals surface area contributed by atoms with Gasteiger partial charge in [0.2, 0.25) is 0 Å². The van der Waals surface area contributed by atoms with Gasteiger partial charge in [0.25, 0.3) is 0 Å². The maximum absolute atomic E-state index is 12.8. The number of hydrogen-bond donors (Lipinski definition) is 0. The fraction of sp³-hybridized carbons (Fsp3) is 0.533. The highest BCUT2D eigenvalue weighted by Gasteiger charge is 2.17. The summed E-state index contributed by atoms with van der Waals surface area (Å²) in [5, 5.41) is 12.8. The molecule has 0 atom stereocenters. The van der Waals surface area contributed by atoms with Crippen LogP contribution in [0.1, 0.15) is 81.6 Å². The Kier molecular flexibility index (Phi) is 16.2. The Morgan fingerprint density at radius 3 is 2.14 bits per heavy atom. The quantitative estimate of drug-likeness (QED) is 0.0502. The van der Waals surface area contributed by atoms with Gasteiger partial charge in [-0.1, -0.05) is 63.6 Å². The summed E-state index contributed by atoms with van der Waals surface area (Å²) in [6.07, 6.45) is 8.46. The van der Waals surface area contributed by atoms with Crippen LogP contribution in [0.2, 0.25) is 0 Å². The third kappa shape index (κ3) is 11.9. The first-order chi connectivity index (χ1) is 17.4. The van der Waals surface area contributed by atoms with Gasteiger partial charge in [-0.3, -0.25) is 4.99 Å². The average Bonchev–Trinajstić information content (AvgIpc) is 2.90. The zero-order valence-electron chi connectivity index (χ0n) is 23.0. The Morgan fingerprint density at radius 1 is 0.865 bits per heavy atom. The van der Waals surface area contributed by atoms with Crippen LogP contribution in [0.3, 0.4) is 0 Å². The maximum Gasteiger partial charge on any atom is 0.338 e. The third-order valence-corrected chi connectivity index (χ3v) is 6.85. The van der Waals surface area contributed by atoms with Crippen LogP contribution in [-0.2, 0) is 4.74 Å². The molecule has 0 saturated heterocycles. The fourth-order valence-electron chi connectivity index (χ4n) is 3.84. The number of halogens is 1. The molecule has 0 unspecified atom stereocenters. The molecule has 0 aliphatic rings. The van der Waals surface area contributed by atoms with E-state index >= 15 is 0 Å². The van der Waals surface area contributed by atoms with Crippen molar-refractivity contribution in [2.45, 2.75) is 65.7 Å². The molecule has 206 valence electrons. The molecule has 0 aromatic heterocycles. The van der Waals surface area contributed by atoms with Crippen LogP contribution in [0, 0.1) is 0 Å². The number of benzene rings is 2. The molecular formula is C30H45IN2O4. The lowest BCUT2D eigenvalue weighted by Crippen LogP contribution is -2.46. The minimum atomic E-state index is -0.365. The van der Waals surface area contributed by atoms with Crippen molar-refractivity contribution in [2.75, 3.05) is 39.9 Å². The van der Waals surface area contributed by atoms with Crippen molar-refractivity contribution in [3.05, 3.63) is 59.7 Å². The van der Waals surface area contributed by atoms with Gasteiger partial charge in [0.15, 0.2) is 0 Å². The number of unbranched alkanes of at least 4 members (excludes halogenated alkanes) is 6. The number of carbonyl (C=O) groups excluding carboxylic acids is 1. The predicted molar refractivity (Wildman–Crippen MR) is 160 cm³/mol. The maximum atomic E-state index is 12.8. The number of aliphatic imine (C=N–C) groups is 1. The van der Waals surface area contributed by atoms with Crippen LogP contribution < -0.4 is 9.84 Å². The SMILES string of the molecule is CCCCCCCCCOc1ccccc1C([O-])=Nc1ccc(C(=O)OCC[N+](C)(CC)CC)cc1.I. The molecule has 6 nitrogen and oxygen atoms in total. The summed E-state index contributed by atoms with van der Waals surface area (Å²) in [6, 6.07) is 13.8. The first kappa shape index (κ1) is 32.9. The molecule has 0 aliphatic carbocycles. The molecule has 0 saturated carbocycles. The van der Waals surface area contributed by atoms with Gasteiger partial charge in [-0.25, -0.2) is 4.79 Å². The molecule has 0 heterocycles. The summed E-state index contributed by atoms with van der Waals surface area (Å²) < 4.78 is 12.2. The number of hydrogen-bond acceptors (Lipinski definition) is 5. The van der Waals surface area contributed by atoms with Crippen LogP contribution in [0.5, 0.6) is 5.75 Å². The van der Waals surface area contributed by atoms with Gasteiger partial charge < -0.3 is 19.1 Å². The molecule has 0 spiro atoms. The second-order valence-corrected chi connectivity index (χ2v) is 9.54. The highest BCUT2D eigenvalue weighted by Crippen LogP contribution is 2.21. The van der Waals surface area contributed by atoms with Crippen molar-refractivity contribution in [1.29, 1.82) is 0 Å². The highest BCUT2D eigenvalue weighted by molar-refractivity contribution is 14.0. The molecule has 0 N–H and O–H groups in total. The van der Waals surface area contributed by atoms with Gasteiger partial charge >= 0.3 is 5.97 Å². The fourth-order valence-corrected chi connectivity index (χ4v) is 3.84. The van der Waals surface area contributed by atoms with Crippen LogP contribution in [0.4, 0.5) is 5.69 Å². The predicted octanol–water partition coefficient (Wildman–Crippen LogP) is 6.52. The second-order valence-electron chi connectivity index (χ2n) is 9.54. The average molecular weight is 625 g/mol. The van der Waals surface area contributed by atoms with E-state index in [0.29, 0.717) is 35.8 Å². The zero-order chi connectivity index (χ0) is 26.2. The molecule has 0 radical (unpaired) electrons. The molecule has 37 heavy (non-hydrogen) atoms. The smallest absolute Gasteiger partial charge is 0.338 e. The summed E-state index contributed by atoms with van der Waals surface area (Å²) in [5.41, 5.74) is 1.37. The van der Waals surface area contributed by atoms with Gasteiger partial charge in [0.05, 0.1) is 38.0 Å². The number of rotatable bonds is 17. The Morgan fingerprint density at radius 2 is 1.49 bits per heavy atom. The van der Waals surface area contributed by atoms with E-state index in [9.17, 15) is 9.90 Å². The monoisotopic (exact) mass is 624 g/mol. The minimum Gasteiger partial charge on any atom is -0.858 e. The largest absolute Gasteiger partial charge is 0.858 e. The van der Waals surface area contributed by atoms with Gasteiger partial charge in [-0.2, -0.15) is 0 Å².